The first-order chi connectivity index (χ1) is 18.5. The van der Waals surface area contributed by atoms with Gasteiger partial charge in [-0.15, -0.1) is 0 Å². The van der Waals surface area contributed by atoms with Gasteiger partial charge in [0.2, 0.25) is 17.8 Å². The summed E-state index contributed by atoms with van der Waals surface area (Å²) in [5.74, 6) is 0.103. The van der Waals surface area contributed by atoms with Crippen LogP contribution in [0.25, 0.3) is 11.2 Å². The van der Waals surface area contributed by atoms with Crippen LogP contribution in [-0.2, 0) is 11.0 Å². The normalized spacial score (nSPS) is 24.1. The highest BCUT2D eigenvalue weighted by molar-refractivity contribution is 6.39. The monoisotopic (exact) mass is 585 g/mol. The Labute approximate surface area is 232 Å². The largest absolute Gasteiger partial charge is 0.416 e. The molecular weight excluding hydrogens is 558 g/mol. The predicted molar refractivity (Wildman–Crippen MR) is 142 cm³/mol. The molecule has 2 aliphatic carbocycles. The lowest BCUT2D eigenvalue weighted by molar-refractivity contribution is -0.137. The maximum absolute atomic E-state index is 13.2. The third-order valence-electron chi connectivity index (χ3n) is 7.48. The van der Waals surface area contributed by atoms with Crippen LogP contribution < -0.4 is 16.4 Å². The van der Waals surface area contributed by atoms with Crippen LogP contribution in [0.1, 0.15) is 63.0 Å². The van der Waals surface area contributed by atoms with Crippen molar-refractivity contribution in [3.05, 3.63) is 33.9 Å². The van der Waals surface area contributed by atoms with Gasteiger partial charge < -0.3 is 21.5 Å². The molecule has 0 aliphatic heterocycles. The number of primary amides is 1. The second-order valence-corrected chi connectivity index (χ2v) is 11.0. The van der Waals surface area contributed by atoms with Crippen LogP contribution in [0.2, 0.25) is 10.0 Å². The Morgan fingerprint density at radius 2 is 1.77 bits per heavy atom. The molecule has 0 saturated heterocycles. The summed E-state index contributed by atoms with van der Waals surface area (Å²) >= 11 is 12.5. The summed E-state index contributed by atoms with van der Waals surface area (Å²) < 4.78 is 41.6. The lowest BCUT2D eigenvalue weighted by Crippen LogP contribution is -2.30. The van der Waals surface area contributed by atoms with E-state index in [4.69, 9.17) is 33.9 Å². The summed E-state index contributed by atoms with van der Waals surface area (Å²) in [5, 5.41) is 15.9. The van der Waals surface area contributed by atoms with Crippen LogP contribution in [0, 0.1) is 5.92 Å². The summed E-state index contributed by atoms with van der Waals surface area (Å²) in [6.45, 7) is 0. The zero-order valence-electron chi connectivity index (χ0n) is 20.8. The Balaban J connectivity index is 1.52. The number of hydrogen-bond acceptors (Lipinski definition) is 7. The molecule has 1 aromatic carbocycles. The highest BCUT2D eigenvalue weighted by Gasteiger charge is 2.33. The van der Waals surface area contributed by atoms with Crippen molar-refractivity contribution in [3.8, 4) is 0 Å². The first kappa shape index (κ1) is 27.7. The third kappa shape index (κ3) is 6.02. The van der Waals surface area contributed by atoms with Gasteiger partial charge in [-0.3, -0.25) is 9.36 Å². The molecule has 39 heavy (non-hydrogen) atoms. The summed E-state index contributed by atoms with van der Waals surface area (Å²) in [5.41, 5.74) is 5.61. The maximum atomic E-state index is 13.2. The third-order valence-corrected chi connectivity index (χ3v) is 8.08. The number of anilines is 3. The fraction of sp³-hybridized carbons (Fsp3) is 0.520. The number of rotatable bonds is 6. The zero-order chi connectivity index (χ0) is 27.9. The molecule has 3 aromatic rings. The van der Waals surface area contributed by atoms with Crippen molar-refractivity contribution in [2.75, 3.05) is 10.6 Å². The quantitative estimate of drug-likeness (QED) is 0.286. The summed E-state index contributed by atoms with van der Waals surface area (Å²) in [6.07, 6.45) is 2.11. The van der Waals surface area contributed by atoms with Gasteiger partial charge in [0.15, 0.2) is 5.65 Å². The molecule has 1 unspecified atom stereocenters. The first-order valence-electron chi connectivity index (χ1n) is 12.8. The minimum absolute atomic E-state index is 0.0240. The molecule has 5 rings (SSSR count). The van der Waals surface area contributed by atoms with Crippen molar-refractivity contribution in [2.45, 2.75) is 75.7 Å². The average molecular weight is 586 g/mol. The van der Waals surface area contributed by atoms with Gasteiger partial charge in [-0.2, -0.15) is 18.2 Å². The molecule has 210 valence electrons. The molecule has 2 fully saturated rings. The number of aliphatic hydroxyl groups is 1. The number of nitrogens with two attached hydrogens (primary N) is 1. The number of imidazole rings is 1. The number of amides is 1. The van der Waals surface area contributed by atoms with E-state index >= 15 is 0 Å². The van der Waals surface area contributed by atoms with Crippen molar-refractivity contribution < 1.29 is 23.1 Å². The Bertz CT molecular complexity index is 1350. The second-order valence-electron chi connectivity index (χ2n) is 10.2. The van der Waals surface area contributed by atoms with E-state index in [0.29, 0.717) is 49.2 Å². The zero-order valence-corrected chi connectivity index (χ0v) is 22.3. The number of fused-ring (bicyclic) bond motifs is 1. The molecule has 9 nitrogen and oxygen atoms in total. The Hall–Kier alpha value is -2.83. The molecule has 0 bridgehead atoms. The minimum atomic E-state index is -4.61. The van der Waals surface area contributed by atoms with Gasteiger partial charge >= 0.3 is 6.18 Å². The second kappa shape index (κ2) is 11.0. The molecule has 2 aromatic heterocycles. The molecule has 2 atom stereocenters. The van der Waals surface area contributed by atoms with Crippen LogP contribution >= 0.6 is 23.2 Å². The van der Waals surface area contributed by atoms with Gasteiger partial charge in [0.05, 0.1) is 33.6 Å². The Morgan fingerprint density at radius 1 is 1.08 bits per heavy atom. The summed E-state index contributed by atoms with van der Waals surface area (Å²) in [7, 11) is 0. The van der Waals surface area contributed by atoms with Crippen molar-refractivity contribution in [1.82, 2.24) is 19.5 Å². The number of carbonyl (C=O) groups excluding carboxylic acids is 1. The molecule has 0 radical (unpaired) electrons. The molecule has 2 saturated carbocycles. The van der Waals surface area contributed by atoms with Gasteiger partial charge in [-0.05, 0) is 63.5 Å². The Kier molecular flexibility index (Phi) is 7.80. The topological polar surface area (TPSA) is 131 Å². The van der Waals surface area contributed by atoms with Crippen molar-refractivity contribution in [2.24, 2.45) is 11.7 Å². The number of carbonyl (C=O) groups is 1. The highest BCUT2D eigenvalue weighted by Crippen LogP contribution is 2.42. The minimum Gasteiger partial charge on any atom is -0.393 e. The summed E-state index contributed by atoms with van der Waals surface area (Å²) in [4.78, 5) is 25.5. The molecule has 2 aliphatic rings. The lowest BCUT2D eigenvalue weighted by Gasteiger charge is -2.29. The smallest absolute Gasteiger partial charge is 0.393 e. The van der Waals surface area contributed by atoms with E-state index in [9.17, 15) is 23.1 Å². The van der Waals surface area contributed by atoms with E-state index in [1.807, 2.05) is 4.57 Å². The van der Waals surface area contributed by atoms with Gasteiger partial charge in [0.1, 0.15) is 5.52 Å². The predicted octanol–water partition coefficient (Wildman–Crippen LogP) is 5.83. The molecule has 0 spiro atoms. The van der Waals surface area contributed by atoms with Crippen molar-refractivity contribution in [3.63, 3.8) is 0 Å². The number of nitrogens with one attached hydrogen (secondary N) is 2. The number of alkyl halides is 3. The van der Waals surface area contributed by atoms with Crippen LogP contribution in [0.15, 0.2) is 18.3 Å². The standard InChI is InChI=1S/C25H28Cl2F3N7O2/c26-17-8-13(25(28,29)30)9-18(27)20(17)35-24-34-19-11-32-23(33-14-2-1-3-16(38)10-14)36-22(19)37(24)15-6-4-12(5-7-15)21(31)39/h8-9,11-12,14-16,38H,1-7,10H2,(H2,31,39)(H,34,35)(H,32,33,36)/t12?,14-,15?,16?/m0/s1. The molecular formula is C25H28Cl2F3N7O2. The molecule has 2 heterocycles. The fourth-order valence-electron chi connectivity index (χ4n) is 5.46. The number of hydrogen-bond donors (Lipinski definition) is 4. The van der Waals surface area contributed by atoms with Gasteiger partial charge in [0.25, 0.3) is 0 Å². The Morgan fingerprint density at radius 3 is 2.38 bits per heavy atom. The summed E-state index contributed by atoms with van der Waals surface area (Å²) in [6, 6.07) is 1.51. The maximum Gasteiger partial charge on any atom is 0.416 e. The van der Waals surface area contributed by atoms with E-state index in [1.54, 1.807) is 6.20 Å². The lowest BCUT2D eigenvalue weighted by atomic mass is 9.85. The van der Waals surface area contributed by atoms with Crippen LogP contribution in [-0.4, -0.2) is 42.7 Å². The van der Waals surface area contributed by atoms with Crippen LogP contribution in [0.3, 0.4) is 0 Å². The van der Waals surface area contributed by atoms with Gasteiger partial charge in [-0.25, -0.2) is 9.97 Å². The number of aliphatic hydroxyl groups excluding tert-OH is 1. The van der Waals surface area contributed by atoms with Crippen molar-refractivity contribution in [1.29, 1.82) is 0 Å². The first-order valence-corrected chi connectivity index (χ1v) is 13.6. The van der Waals surface area contributed by atoms with Crippen LogP contribution in [0.5, 0.6) is 0 Å². The number of halogens is 5. The van der Waals surface area contributed by atoms with E-state index in [2.05, 4.69) is 20.6 Å². The number of nitrogens with zero attached hydrogens (tertiary/aromatic N) is 4. The van der Waals surface area contributed by atoms with Crippen LogP contribution in [0.4, 0.5) is 30.8 Å². The van der Waals surface area contributed by atoms with Crippen molar-refractivity contribution >= 4 is 57.9 Å². The van der Waals surface area contributed by atoms with Gasteiger partial charge in [0, 0.05) is 18.0 Å². The number of benzene rings is 1. The molecule has 1 amide bonds. The van der Waals surface area contributed by atoms with Gasteiger partial charge in [-0.1, -0.05) is 23.2 Å². The average Bonchev–Trinajstić information content (AvgIpc) is 3.23. The van der Waals surface area contributed by atoms with E-state index in [0.717, 1.165) is 31.4 Å². The molecule has 14 heteroatoms. The van der Waals surface area contributed by atoms with E-state index in [1.165, 1.54) is 0 Å². The number of aromatic nitrogens is 4. The van der Waals surface area contributed by atoms with E-state index < -0.39 is 11.7 Å². The van der Waals surface area contributed by atoms with E-state index in [-0.39, 0.29) is 51.7 Å². The fourth-order valence-corrected chi connectivity index (χ4v) is 6.04. The molecule has 5 N–H and O–H groups in total. The highest BCUT2D eigenvalue weighted by atomic mass is 35.5. The SMILES string of the molecule is NC(=O)C1CCC(n2c(Nc3c(Cl)cc(C(F)(F)F)cc3Cl)nc3cnc(N[C@H]4CCCC(O)C4)nc32)CC1.